The van der Waals surface area contributed by atoms with Gasteiger partial charge in [0.05, 0.1) is 13.2 Å². The van der Waals surface area contributed by atoms with Crippen molar-refractivity contribution in [2.75, 3.05) is 31.2 Å². The molecular formula is C13H18ClN5O. The number of hydrogen-bond acceptors (Lipinski definition) is 5. The summed E-state index contributed by atoms with van der Waals surface area (Å²) >= 11 is 6.26. The van der Waals surface area contributed by atoms with Crippen LogP contribution in [0.15, 0.2) is 6.33 Å². The molecule has 0 aliphatic carbocycles. The van der Waals surface area contributed by atoms with Gasteiger partial charge in [0.25, 0.3) is 0 Å². The Morgan fingerprint density at radius 2 is 2.05 bits per heavy atom. The normalized spacial score (nSPS) is 16.3. The SMILES string of the molecule is CC(C)Cn1c(Cl)nc2c(N3CCOCC3)ncnc21. The largest absolute Gasteiger partial charge is 0.378 e. The number of imidazole rings is 1. The fourth-order valence-corrected chi connectivity index (χ4v) is 2.67. The average Bonchev–Trinajstić information content (AvgIpc) is 2.76. The van der Waals surface area contributed by atoms with Gasteiger partial charge >= 0.3 is 0 Å². The van der Waals surface area contributed by atoms with Gasteiger partial charge in [-0.2, -0.15) is 0 Å². The first-order valence-corrected chi connectivity index (χ1v) is 7.24. The first-order chi connectivity index (χ1) is 9.66. The van der Waals surface area contributed by atoms with E-state index in [9.17, 15) is 0 Å². The summed E-state index contributed by atoms with van der Waals surface area (Å²) in [7, 11) is 0. The highest BCUT2D eigenvalue weighted by Crippen LogP contribution is 2.26. The number of ether oxygens (including phenoxy) is 1. The van der Waals surface area contributed by atoms with Crippen molar-refractivity contribution in [2.24, 2.45) is 5.92 Å². The second kappa shape index (κ2) is 5.54. The molecule has 0 saturated carbocycles. The van der Waals surface area contributed by atoms with Gasteiger partial charge in [-0.25, -0.2) is 15.0 Å². The fourth-order valence-electron chi connectivity index (χ4n) is 2.43. The highest BCUT2D eigenvalue weighted by Gasteiger charge is 2.20. The summed E-state index contributed by atoms with van der Waals surface area (Å²) < 4.78 is 7.33. The lowest BCUT2D eigenvalue weighted by molar-refractivity contribution is 0.122. The van der Waals surface area contributed by atoms with Crippen molar-refractivity contribution in [1.29, 1.82) is 0 Å². The van der Waals surface area contributed by atoms with Crippen LogP contribution >= 0.6 is 11.6 Å². The van der Waals surface area contributed by atoms with Gasteiger partial charge in [-0.3, -0.25) is 4.57 Å². The quantitative estimate of drug-likeness (QED) is 0.810. The Hall–Kier alpha value is -1.40. The molecule has 1 fully saturated rings. The molecule has 2 aromatic rings. The molecule has 0 unspecified atom stereocenters. The molecule has 0 radical (unpaired) electrons. The number of aromatic nitrogens is 4. The Morgan fingerprint density at radius 1 is 1.30 bits per heavy atom. The summed E-state index contributed by atoms with van der Waals surface area (Å²) in [6, 6.07) is 0. The second-order valence-electron chi connectivity index (χ2n) is 5.35. The summed E-state index contributed by atoms with van der Waals surface area (Å²) in [5.74, 6) is 1.33. The lowest BCUT2D eigenvalue weighted by atomic mass is 10.2. The number of halogens is 1. The van der Waals surface area contributed by atoms with E-state index < -0.39 is 0 Å². The molecule has 0 N–H and O–H groups in total. The molecule has 2 aromatic heterocycles. The maximum absolute atomic E-state index is 6.26. The summed E-state index contributed by atoms with van der Waals surface area (Å²) in [6.45, 7) is 8.16. The Balaban J connectivity index is 2.06. The molecule has 0 bridgehead atoms. The molecule has 0 atom stereocenters. The van der Waals surface area contributed by atoms with E-state index in [4.69, 9.17) is 16.3 Å². The molecule has 6 nitrogen and oxygen atoms in total. The van der Waals surface area contributed by atoms with Crippen molar-refractivity contribution in [2.45, 2.75) is 20.4 Å². The third-order valence-corrected chi connectivity index (χ3v) is 3.61. The van der Waals surface area contributed by atoms with Crippen molar-refractivity contribution in [3.05, 3.63) is 11.6 Å². The van der Waals surface area contributed by atoms with Crippen LogP contribution in [0.2, 0.25) is 5.28 Å². The van der Waals surface area contributed by atoms with Crippen molar-refractivity contribution in [3.8, 4) is 0 Å². The zero-order chi connectivity index (χ0) is 14.1. The van der Waals surface area contributed by atoms with Crippen LogP contribution in [0.5, 0.6) is 0 Å². The minimum atomic E-state index is 0.476. The van der Waals surface area contributed by atoms with Gasteiger partial charge in [-0.1, -0.05) is 13.8 Å². The van der Waals surface area contributed by atoms with Crippen LogP contribution in [0, 0.1) is 5.92 Å². The van der Waals surface area contributed by atoms with Crippen LogP contribution in [-0.4, -0.2) is 45.8 Å². The molecule has 108 valence electrons. The minimum Gasteiger partial charge on any atom is -0.378 e. The van der Waals surface area contributed by atoms with E-state index in [1.807, 2.05) is 4.57 Å². The van der Waals surface area contributed by atoms with Gasteiger partial charge in [-0.15, -0.1) is 0 Å². The van der Waals surface area contributed by atoms with E-state index in [2.05, 4.69) is 33.7 Å². The Bertz CT molecular complexity index is 606. The van der Waals surface area contributed by atoms with Crippen LogP contribution in [0.25, 0.3) is 11.2 Å². The lowest BCUT2D eigenvalue weighted by Gasteiger charge is -2.27. The van der Waals surface area contributed by atoms with Gasteiger partial charge in [-0.05, 0) is 17.5 Å². The van der Waals surface area contributed by atoms with Gasteiger partial charge in [0.15, 0.2) is 17.0 Å². The van der Waals surface area contributed by atoms with Crippen LogP contribution in [0.1, 0.15) is 13.8 Å². The lowest BCUT2D eigenvalue weighted by Crippen LogP contribution is -2.37. The van der Waals surface area contributed by atoms with Crippen LogP contribution in [0.3, 0.4) is 0 Å². The molecule has 1 saturated heterocycles. The maximum Gasteiger partial charge on any atom is 0.205 e. The standard InChI is InChI=1S/C13H18ClN5O/c1-9(2)7-19-12-10(17-13(19)14)11(15-8-16-12)18-3-5-20-6-4-18/h8-9H,3-7H2,1-2H3. The molecule has 0 spiro atoms. The van der Waals surface area contributed by atoms with E-state index >= 15 is 0 Å². The first-order valence-electron chi connectivity index (χ1n) is 6.86. The molecule has 3 rings (SSSR count). The van der Waals surface area contributed by atoms with Crippen molar-refractivity contribution in [3.63, 3.8) is 0 Å². The van der Waals surface area contributed by atoms with E-state index in [1.54, 1.807) is 6.33 Å². The Kier molecular flexibility index (Phi) is 3.76. The van der Waals surface area contributed by atoms with Gasteiger partial charge in [0.2, 0.25) is 5.28 Å². The summed E-state index contributed by atoms with van der Waals surface area (Å²) in [5, 5.41) is 0.476. The molecule has 3 heterocycles. The van der Waals surface area contributed by atoms with Crippen LogP contribution in [-0.2, 0) is 11.3 Å². The number of anilines is 1. The summed E-state index contributed by atoms with van der Waals surface area (Å²) in [4.78, 5) is 15.4. The predicted molar refractivity (Wildman–Crippen MR) is 78.2 cm³/mol. The van der Waals surface area contributed by atoms with Crippen molar-refractivity contribution < 1.29 is 4.74 Å². The zero-order valence-corrected chi connectivity index (χ0v) is 12.5. The molecule has 20 heavy (non-hydrogen) atoms. The van der Waals surface area contributed by atoms with E-state index in [0.29, 0.717) is 24.4 Å². The number of fused-ring (bicyclic) bond motifs is 1. The third kappa shape index (κ3) is 2.45. The zero-order valence-electron chi connectivity index (χ0n) is 11.7. The monoisotopic (exact) mass is 295 g/mol. The van der Waals surface area contributed by atoms with Crippen molar-refractivity contribution >= 4 is 28.6 Å². The maximum atomic E-state index is 6.26. The molecule has 0 amide bonds. The molecule has 1 aliphatic heterocycles. The summed E-state index contributed by atoms with van der Waals surface area (Å²) in [6.07, 6.45) is 1.59. The summed E-state index contributed by atoms with van der Waals surface area (Å²) in [5.41, 5.74) is 1.58. The number of nitrogens with zero attached hydrogens (tertiary/aromatic N) is 5. The highest BCUT2D eigenvalue weighted by molar-refractivity contribution is 6.29. The smallest absolute Gasteiger partial charge is 0.205 e. The van der Waals surface area contributed by atoms with Gasteiger partial charge < -0.3 is 9.64 Å². The predicted octanol–water partition coefficient (Wildman–Crippen LogP) is 1.97. The number of morpholine rings is 1. The molecule has 0 aromatic carbocycles. The molecule has 7 heteroatoms. The topological polar surface area (TPSA) is 56.1 Å². The first kappa shape index (κ1) is 13.6. The van der Waals surface area contributed by atoms with Gasteiger partial charge in [0.1, 0.15) is 6.33 Å². The Morgan fingerprint density at radius 3 is 2.75 bits per heavy atom. The van der Waals surface area contributed by atoms with E-state index in [1.165, 1.54) is 0 Å². The van der Waals surface area contributed by atoms with Crippen LogP contribution < -0.4 is 4.90 Å². The average molecular weight is 296 g/mol. The number of hydrogen-bond donors (Lipinski definition) is 0. The third-order valence-electron chi connectivity index (χ3n) is 3.32. The van der Waals surface area contributed by atoms with Crippen molar-refractivity contribution in [1.82, 2.24) is 19.5 Å². The van der Waals surface area contributed by atoms with Gasteiger partial charge in [0, 0.05) is 19.6 Å². The molecular weight excluding hydrogens is 278 g/mol. The highest BCUT2D eigenvalue weighted by atomic mass is 35.5. The minimum absolute atomic E-state index is 0.476. The molecule has 1 aliphatic rings. The number of rotatable bonds is 3. The Labute approximate surface area is 122 Å². The van der Waals surface area contributed by atoms with E-state index in [-0.39, 0.29) is 0 Å². The van der Waals surface area contributed by atoms with E-state index in [0.717, 1.165) is 36.6 Å². The fraction of sp³-hybridized carbons (Fsp3) is 0.615. The van der Waals surface area contributed by atoms with Crippen LogP contribution in [0.4, 0.5) is 5.82 Å². The second-order valence-corrected chi connectivity index (χ2v) is 5.69.